The molecule has 6 nitrogen and oxygen atoms in total. The van der Waals surface area contributed by atoms with E-state index in [9.17, 15) is 14.4 Å². The van der Waals surface area contributed by atoms with Crippen molar-refractivity contribution in [2.45, 2.75) is 253 Å². The molecule has 6 heteroatoms. The van der Waals surface area contributed by atoms with E-state index >= 15 is 0 Å². The molecule has 0 aromatic rings. The molecule has 53 heavy (non-hydrogen) atoms. The summed E-state index contributed by atoms with van der Waals surface area (Å²) in [7, 11) is 0. The summed E-state index contributed by atoms with van der Waals surface area (Å²) in [4.78, 5) is 37.7. The quantitative estimate of drug-likeness (QED) is 0.0352. The molecule has 0 amide bonds. The minimum atomic E-state index is -0.762. The zero-order chi connectivity index (χ0) is 39.2. The summed E-state index contributed by atoms with van der Waals surface area (Å²) < 4.78 is 16.7. The Morgan fingerprint density at radius 1 is 0.377 bits per heavy atom. The number of rotatable bonds is 40. The van der Waals surface area contributed by atoms with Gasteiger partial charge in [-0.2, -0.15) is 0 Å². The second-order valence-corrected chi connectivity index (χ2v) is 17.2. The van der Waals surface area contributed by atoms with Crippen LogP contribution in [-0.2, 0) is 28.6 Å². The van der Waals surface area contributed by atoms with E-state index in [1.165, 1.54) is 128 Å². The average molecular weight is 751 g/mol. The van der Waals surface area contributed by atoms with Gasteiger partial charge in [0.15, 0.2) is 6.10 Å². The Labute approximate surface area is 329 Å². The van der Waals surface area contributed by atoms with E-state index in [4.69, 9.17) is 14.2 Å². The third-order valence-corrected chi connectivity index (χ3v) is 10.8. The molecule has 0 aromatic carbocycles. The van der Waals surface area contributed by atoms with Crippen molar-refractivity contribution in [1.29, 1.82) is 0 Å². The minimum Gasteiger partial charge on any atom is -0.462 e. The zero-order valence-electron chi connectivity index (χ0n) is 36.3. The molecule has 0 radical (unpaired) electrons. The highest BCUT2D eigenvalue weighted by molar-refractivity contribution is 5.71. The van der Waals surface area contributed by atoms with Crippen LogP contribution in [0.3, 0.4) is 0 Å². The van der Waals surface area contributed by atoms with Gasteiger partial charge in [0, 0.05) is 19.3 Å². The molecule has 0 heterocycles. The number of hydrogen-bond acceptors (Lipinski definition) is 6. The maximum Gasteiger partial charge on any atom is 0.306 e. The standard InChI is InChI=1S/C47H90O6/c1-7-43(6)35-29-23-17-12-13-19-26-32-38-47(50)53-44(40-52-46(49)37-31-25-20-14-16-22-28-34-42(4)5)39-51-45(48)36-30-24-18-11-9-8-10-15-21-27-33-41(2)3/h41-44H,7-40H2,1-6H3/t43?,44-/m1/s1. The summed E-state index contributed by atoms with van der Waals surface area (Å²) in [5, 5.41) is 0. The maximum absolute atomic E-state index is 12.7. The van der Waals surface area contributed by atoms with E-state index in [-0.39, 0.29) is 31.1 Å². The van der Waals surface area contributed by atoms with Crippen molar-refractivity contribution in [3.63, 3.8) is 0 Å². The van der Waals surface area contributed by atoms with E-state index in [1.54, 1.807) is 0 Å². The molecule has 0 N–H and O–H groups in total. The van der Waals surface area contributed by atoms with Crippen molar-refractivity contribution < 1.29 is 28.6 Å². The van der Waals surface area contributed by atoms with Gasteiger partial charge in [0.05, 0.1) is 0 Å². The Bertz CT molecular complexity index is 824. The summed E-state index contributed by atoms with van der Waals surface area (Å²) in [6, 6.07) is 0. The maximum atomic E-state index is 12.7. The van der Waals surface area contributed by atoms with Crippen LogP contribution in [0.5, 0.6) is 0 Å². The van der Waals surface area contributed by atoms with Gasteiger partial charge in [0.1, 0.15) is 13.2 Å². The summed E-state index contributed by atoms with van der Waals surface area (Å²) in [6.07, 6.45) is 35.2. The molecule has 1 unspecified atom stereocenters. The second kappa shape index (κ2) is 38.7. The van der Waals surface area contributed by atoms with Crippen molar-refractivity contribution in [2.75, 3.05) is 13.2 Å². The fraction of sp³-hybridized carbons (Fsp3) is 0.936. The monoisotopic (exact) mass is 751 g/mol. The molecule has 314 valence electrons. The molecule has 0 fully saturated rings. The SMILES string of the molecule is CCC(C)CCCCCCCCCCC(=O)O[C@H](COC(=O)CCCCCCCCCCCCC(C)C)COC(=O)CCCCCCCCCC(C)C. The van der Waals surface area contributed by atoms with Gasteiger partial charge in [0.25, 0.3) is 0 Å². The Kier molecular flexibility index (Phi) is 37.5. The topological polar surface area (TPSA) is 78.9 Å². The van der Waals surface area contributed by atoms with Gasteiger partial charge in [-0.3, -0.25) is 14.4 Å². The molecular formula is C47H90O6. The first-order valence-corrected chi connectivity index (χ1v) is 23.1. The lowest BCUT2D eigenvalue weighted by Crippen LogP contribution is -2.30. The van der Waals surface area contributed by atoms with Crippen LogP contribution < -0.4 is 0 Å². The highest BCUT2D eigenvalue weighted by Gasteiger charge is 2.19. The smallest absolute Gasteiger partial charge is 0.306 e. The fourth-order valence-electron chi connectivity index (χ4n) is 6.85. The van der Waals surface area contributed by atoms with Crippen LogP contribution >= 0.6 is 0 Å². The molecule has 0 spiro atoms. The number of carbonyl (C=O) groups excluding carboxylic acids is 3. The van der Waals surface area contributed by atoms with E-state index in [0.29, 0.717) is 19.3 Å². The predicted octanol–water partition coefficient (Wildman–Crippen LogP) is 14.4. The van der Waals surface area contributed by atoms with Gasteiger partial charge in [-0.05, 0) is 37.0 Å². The Morgan fingerprint density at radius 2 is 0.660 bits per heavy atom. The number of esters is 3. The van der Waals surface area contributed by atoms with Crippen LogP contribution in [0, 0.1) is 17.8 Å². The van der Waals surface area contributed by atoms with Gasteiger partial charge in [-0.25, -0.2) is 0 Å². The van der Waals surface area contributed by atoms with Crippen LogP contribution in [0.1, 0.15) is 247 Å². The minimum absolute atomic E-state index is 0.0666. The van der Waals surface area contributed by atoms with Crippen molar-refractivity contribution in [3.8, 4) is 0 Å². The first-order valence-electron chi connectivity index (χ1n) is 23.1. The third kappa shape index (κ3) is 39.9. The van der Waals surface area contributed by atoms with Crippen LogP contribution in [0.2, 0.25) is 0 Å². The van der Waals surface area contributed by atoms with Crippen molar-refractivity contribution in [2.24, 2.45) is 17.8 Å². The Morgan fingerprint density at radius 3 is 0.981 bits per heavy atom. The molecular weight excluding hydrogens is 661 g/mol. The van der Waals surface area contributed by atoms with E-state index in [2.05, 4.69) is 41.5 Å². The lowest BCUT2D eigenvalue weighted by atomic mass is 9.99. The molecule has 0 aliphatic heterocycles. The average Bonchev–Trinajstić information content (AvgIpc) is 3.12. The van der Waals surface area contributed by atoms with E-state index in [0.717, 1.165) is 75.5 Å². The third-order valence-electron chi connectivity index (χ3n) is 10.8. The first-order chi connectivity index (χ1) is 25.6. The summed E-state index contributed by atoms with van der Waals surface area (Å²) >= 11 is 0. The highest BCUT2D eigenvalue weighted by Crippen LogP contribution is 2.17. The van der Waals surface area contributed by atoms with Crippen LogP contribution in [-0.4, -0.2) is 37.2 Å². The van der Waals surface area contributed by atoms with Crippen molar-refractivity contribution in [3.05, 3.63) is 0 Å². The van der Waals surface area contributed by atoms with Crippen molar-refractivity contribution >= 4 is 17.9 Å². The number of unbranched alkanes of at least 4 members (excludes halogenated alkanes) is 22. The normalized spacial score (nSPS) is 12.7. The first kappa shape index (κ1) is 51.4. The molecule has 0 saturated heterocycles. The Balaban J connectivity index is 4.35. The lowest BCUT2D eigenvalue weighted by molar-refractivity contribution is -0.167. The summed E-state index contributed by atoms with van der Waals surface area (Å²) in [6.45, 7) is 13.6. The number of ether oxygens (including phenoxy) is 3. The molecule has 0 aromatic heterocycles. The summed E-state index contributed by atoms with van der Waals surface area (Å²) in [5.41, 5.74) is 0. The van der Waals surface area contributed by atoms with Crippen LogP contribution in [0.15, 0.2) is 0 Å². The van der Waals surface area contributed by atoms with E-state index < -0.39 is 6.10 Å². The van der Waals surface area contributed by atoms with Gasteiger partial charge in [-0.15, -0.1) is 0 Å². The van der Waals surface area contributed by atoms with Gasteiger partial charge in [0.2, 0.25) is 0 Å². The van der Waals surface area contributed by atoms with Crippen LogP contribution in [0.25, 0.3) is 0 Å². The van der Waals surface area contributed by atoms with E-state index in [1.807, 2.05) is 0 Å². The second-order valence-electron chi connectivity index (χ2n) is 17.2. The molecule has 0 aliphatic rings. The van der Waals surface area contributed by atoms with Crippen LogP contribution in [0.4, 0.5) is 0 Å². The van der Waals surface area contributed by atoms with Crippen molar-refractivity contribution in [1.82, 2.24) is 0 Å². The van der Waals surface area contributed by atoms with Gasteiger partial charge in [-0.1, -0.05) is 208 Å². The lowest BCUT2D eigenvalue weighted by Gasteiger charge is -2.18. The molecule has 0 bridgehead atoms. The number of hydrogen-bond donors (Lipinski definition) is 0. The largest absolute Gasteiger partial charge is 0.462 e. The predicted molar refractivity (Wildman–Crippen MR) is 224 cm³/mol. The van der Waals surface area contributed by atoms with Gasteiger partial charge < -0.3 is 14.2 Å². The fourth-order valence-corrected chi connectivity index (χ4v) is 6.85. The molecule has 0 saturated carbocycles. The molecule has 0 rings (SSSR count). The van der Waals surface area contributed by atoms with Gasteiger partial charge >= 0.3 is 17.9 Å². The molecule has 2 atom stereocenters. The number of carbonyl (C=O) groups is 3. The zero-order valence-corrected chi connectivity index (χ0v) is 36.3. The Hall–Kier alpha value is -1.59. The highest BCUT2D eigenvalue weighted by atomic mass is 16.6. The molecule has 0 aliphatic carbocycles. The summed E-state index contributed by atoms with van der Waals surface area (Å²) in [5.74, 6) is 1.58.